The summed E-state index contributed by atoms with van der Waals surface area (Å²) in [5.74, 6) is 0.129. The Kier molecular flexibility index (Phi) is 4.97. The van der Waals surface area contributed by atoms with E-state index < -0.39 is 0 Å². The first-order chi connectivity index (χ1) is 9.16. The van der Waals surface area contributed by atoms with Gasteiger partial charge in [-0.3, -0.25) is 4.79 Å². The minimum absolute atomic E-state index is 0.129. The molecule has 0 N–H and O–H groups in total. The summed E-state index contributed by atoms with van der Waals surface area (Å²) < 4.78 is 5.56. The van der Waals surface area contributed by atoms with Crippen LogP contribution in [0.5, 0.6) is 0 Å². The van der Waals surface area contributed by atoms with Crippen molar-refractivity contribution in [3.8, 4) is 0 Å². The lowest BCUT2D eigenvalue weighted by atomic mass is 10.1. The second-order valence-corrected chi connectivity index (χ2v) is 5.36. The van der Waals surface area contributed by atoms with E-state index in [-0.39, 0.29) is 12.5 Å². The van der Waals surface area contributed by atoms with E-state index in [0.717, 1.165) is 31.5 Å². The van der Waals surface area contributed by atoms with E-state index >= 15 is 0 Å². The van der Waals surface area contributed by atoms with Crippen LogP contribution < -0.4 is 0 Å². The summed E-state index contributed by atoms with van der Waals surface area (Å²) in [6.07, 6.45) is 3.50. The molecule has 0 unspecified atom stereocenters. The number of likely N-dealkylation sites (tertiary alicyclic amines) is 1. The van der Waals surface area contributed by atoms with Gasteiger partial charge < -0.3 is 9.64 Å². The van der Waals surface area contributed by atoms with E-state index in [1.807, 2.05) is 4.90 Å². The largest absolute Gasteiger partial charge is 0.367 e. The van der Waals surface area contributed by atoms with E-state index in [9.17, 15) is 4.79 Å². The molecule has 1 fully saturated rings. The van der Waals surface area contributed by atoms with Gasteiger partial charge in [0.1, 0.15) is 6.61 Å². The van der Waals surface area contributed by atoms with Crippen molar-refractivity contribution in [3.05, 3.63) is 34.9 Å². The van der Waals surface area contributed by atoms with Gasteiger partial charge in [-0.25, -0.2) is 0 Å². The molecule has 0 atom stereocenters. The van der Waals surface area contributed by atoms with Crippen LogP contribution in [0.1, 0.15) is 36.0 Å². The summed E-state index contributed by atoms with van der Waals surface area (Å²) >= 11 is 0. The predicted octanol–water partition coefficient (Wildman–Crippen LogP) is 2.83. The molecular weight excluding hydrogens is 238 g/mol. The highest BCUT2D eigenvalue weighted by molar-refractivity contribution is 5.77. The first-order valence-electron chi connectivity index (χ1n) is 7.08. The van der Waals surface area contributed by atoms with Crippen molar-refractivity contribution < 1.29 is 9.53 Å². The molecule has 0 aliphatic carbocycles. The zero-order valence-electron chi connectivity index (χ0n) is 11.9. The van der Waals surface area contributed by atoms with Crippen molar-refractivity contribution in [1.82, 2.24) is 4.90 Å². The molecule has 1 aromatic rings. The second kappa shape index (κ2) is 6.71. The van der Waals surface area contributed by atoms with Crippen molar-refractivity contribution in [3.63, 3.8) is 0 Å². The lowest BCUT2D eigenvalue weighted by Gasteiger charge is -2.26. The van der Waals surface area contributed by atoms with E-state index in [2.05, 4.69) is 32.0 Å². The molecule has 0 saturated carbocycles. The fraction of sp³-hybridized carbons (Fsp3) is 0.562. The van der Waals surface area contributed by atoms with Crippen molar-refractivity contribution in [2.75, 3.05) is 19.7 Å². The number of nitrogens with zero attached hydrogens (tertiary/aromatic N) is 1. The van der Waals surface area contributed by atoms with Crippen LogP contribution in [-0.2, 0) is 16.1 Å². The Morgan fingerprint density at radius 2 is 1.95 bits per heavy atom. The van der Waals surface area contributed by atoms with Gasteiger partial charge in [0.05, 0.1) is 6.61 Å². The number of carbonyl (C=O) groups excluding carboxylic acids is 1. The third-order valence-corrected chi connectivity index (χ3v) is 3.69. The van der Waals surface area contributed by atoms with Gasteiger partial charge in [0.25, 0.3) is 0 Å². The Morgan fingerprint density at radius 3 is 2.63 bits per heavy atom. The van der Waals surface area contributed by atoms with Crippen LogP contribution in [-0.4, -0.2) is 30.5 Å². The Labute approximate surface area is 115 Å². The van der Waals surface area contributed by atoms with Gasteiger partial charge in [0.15, 0.2) is 0 Å². The summed E-state index contributed by atoms with van der Waals surface area (Å²) in [7, 11) is 0. The number of hydrogen-bond acceptors (Lipinski definition) is 2. The summed E-state index contributed by atoms with van der Waals surface area (Å²) in [5.41, 5.74) is 3.65. The Balaban J connectivity index is 1.78. The first-order valence-corrected chi connectivity index (χ1v) is 7.08. The summed E-state index contributed by atoms with van der Waals surface area (Å²) in [6, 6.07) is 6.30. The molecule has 3 nitrogen and oxygen atoms in total. The molecule has 2 rings (SSSR count). The van der Waals surface area contributed by atoms with Crippen molar-refractivity contribution in [2.45, 2.75) is 39.7 Å². The molecule has 1 aromatic carbocycles. The van der Waals surface area contributed by atoms with Gasteiger partial charge in [0, 0.05) is 13.1 Å². The fourth-order valence-electron chi connectivity index (χ4n) is 2.49. The maximum absolute atomic E-state index is 11.9. The number of hydrogen-bond donors (Lipinski definition) is 0. The highest BCUT2D eigenvalue weighted by atomic mass is 16.5. The molecular formula is C16H23NO2. The zero-order chi connectivity index (χ0) is 13.7. The van der Waals surface area contributed by atoms with Gasteiger partial charge in [0.2, 0.25) is 5.91 Å². The monoisotopic (exact) mass is 261 g/mol. The van der Waals surface area contributed by atoms with E-state index in [1.54, 1.807) is 0 Å². The smallest absolute Gasteiger partial charge is 0.248 e. The molecule has 0 bridgehead atoms. The predicted molar refractivity (Wildman–Crippen MR) is 76.0 cm³/mol. The molecule has 1 amide bonds. The van der Waals surface area contributed by atoms with Crippen molar-refractivity contribution >= 4 is 5.91 Å². The van der Waals surface area contributed by atoms with Gasteiger partial charge in [-0.05, 0) is 44.2 Å². The molecule has 3 heteroatoms. The Hall–Kier alpha value is -1.35. The standard InChI is InChI=1S/C16H23NO2/c1-13-6-7-15(14(2)10-13)11-19-12-16(18)17-8-4-3-5-9-17/h6-7,10H,3-5,8-9,11-12H2,1-2H3. The SMILES string of the molecule is Cc1ccc(COCC(=O)N2CCCCC2)c(C)c1. The Bertz CT molecular complexity index is 436. The number of ether oxygens (including phenoxy) is 1. The second-order valence-electron chi connectivity index (χ2n) is 5.36. The van der Waals surface area contributed by atoms with Gasteiger partial charge in [-0.2, -0.15) is 0 Å². The average Bonchev–Trinajstić information content (AvgIpc) is 2.42. The molecule has 104 valence electrons. The number of benzene rings is 1. The topological polar surface area (TPSA) is 29.5 Å². The van der Waals surface area contributed by atoms with Gasteiger partial charge in [-0.1, -0.05) is 23.8 Å². The fourth-order valence-corrected chi connectivity index (χ4v) is 2.49. The van der Waals surface area contributed by atoms with Crippen molar-refractivity contribution in [1.29, 1.82) is 0 Å². The zero-order valence-corrected chi connectivity index (χ0v) is 11.9. The molecule has 0 spiro atoms. The normalized spacial score (nSPS) is 15.6. The Morgan fingerprint density at radius 1 is 1.21 bits per heavy atom. The minimum Gasteiger partial charge on any atom is -0.367 e. The van der Waals surface area contributed by atoms with E-state index in [0.29, 0.717) is 6.61 Å². The molecule has 1 saturated heterocycles. The van der Waals surface area contributed by atoms with Crippen LogP contribution in [0, 0.1) is 13.8 Å². The van der Waals surface area contributed by atoms with Gasteiger partial charge in [-0.15, -0.1) is 0 Å². The molecule has 19 heavy (non-hydrogen) atoms. The van der Waals surface area contributed by atoms with E-state index in [4.69, 9.17) is 4.74 Å². The number of piperidine rings is 1. The third-order valence-electron chi connectivity index (χ3n) is 3.69. The summed E-state index contributed by atoms with van der Waals surface area (Å²) in [5, 5.41) is 0. The molecule has 1 aliphatic rings. The van der Waals surface area contributed by atoms with E-state index in [1.165, 1.54) is 17.5 Å². The average molecular weight is 261 g/mol. The quantitative estimate of drug-likeness (QED) is 0.834. The van der Waals surface area contributed by atoms with Crippen LogP contribution in [0.4, 0.5) is 0 Å². The molecule has 0 aromatic heterocycles. The van der Waals surface area contributed by atoms with Gasteiger partial charge >= 0.3 is 0 Å². The molecule has 1 aliphatic heterocycles. The summed E-state index contributed by atoms with van der Waals surface area (Å²) in [4.78, 5) is 13.9. The lowest BCUT2D eigenvalue weighted by Crippen LogP contribution is -2.37. The summed E-state index contributed by atoms with van der Waals surface area (Å²) in [6.45, 7) is 6.67. The van der Waals surface area contributed by atoms with Crippen LogP contribution >= 0.6 is 0 Å². The number of amides is 1. The highest BCUT2D eigenvalue weighted by Crippen LogP contribution is 2.12. The minimum atomic E-state index is 0.129. The maximum Gasteiger partial charge on any atom is 0.248 e. The lowest BCUT2D eigenvalue weighted by molar-refractivity contribution is -0.137. The maximum atomic E-state index is 11.9. The van der Waals surface area contributed by atoms with Crippen LogP contribution in [0.3, 0.4) is 0 Å². The van der Waals surface area contributed by atoms with Crippen molar-refractivity contribution in [2.24, 2.45) is 0 Å². The number of carbonyl (C=O) groups is 1. The number of rotatable bonds is 4. The highest BCUT2D eigenvalue weighted by Gasteiger charge is 2.16. The third kappa shape index (κ3) is 4.06. The molecule has 0 radical (unpaired) electrons. The first kappa shape index (κ1) is 14.1. The van der Waals surface area contributed by atoms with Crippen LogP contribution in [0.25, 0.3) is 0 Å². The van der Waals surface area contributed by atoms with Crippen LogP contribution in [0.2, 0.25) is 0 Å². The molecule has 1 heterocycles. The number of aryl methyl sites for hydroxylation is 2. The van der Waals surface area contributed by atoms with Crippen LogP contribution in [0.15, 0.2) is 18.2 Å².